The first kappa shape index (κ1) is 16.6. The highest BCUT2D eigenvalue weighted by molar-refractivity contribution is 9.10. The van der Waals surface area contributed by atoms with E-state index in [1.165, 1.54) is 0 Å². The molecule has 0 bridgehead atoms. The fourth-order valence-electron chi connectivity index (χ4n) is 1.66. The minimum Gasteiger partial charge on any atom is -0.316 e. The van der Waals surface area contributed by atoms with Crippen LogP contribution in [0.15, 0.2) is 28.7 Å². The summed E-state index contributed by atoms with van der Waals surface area (Å²) in [6.45, 7) is 6.73. The second-order valence-electron chi connectivity index (χ2n) is 4.56. The predicted octanol–water partition coefficient (Wildman–Crippen LogP) is 2.43. The van der Waals surface area contributed by atoms with Gasteiger partial charge in [-0.3, -0.25) is 0 Å². The molecule has 108 valence electrons. The van der Waals surface area contributed by atoms with E-state index in [1.54, 1.807) is 6.92 Å². The van der Waals surface area contributed by atoms with Gasteiger partial charge < -0.3 is 5.32 Å². The third-order valence-electron chi connectivity index (χ3n) is 2.90. The summed E-state index contributed by atoms with van der Waals surface area (Å²) < 4.78 is 27.9. The van der Waals surface area contributed by atoms with Gasteiger partial charge in [-0.05, 0) is 38.1 Å². The molecule has 0 fully saturated rings. The Kier molecular flexibility index (Phi) is 6.46. The lowest BCUT2D eigenvalue weighted by atomic mass is 10.1. The average molecular weight is 349 g/mol. The molecular weight excluding hydrogens is 328 g/mol. The third-order valence-corrected chi connectivity index (χ3v) is 5.30. The molecule has 0 aliphatic rings. The lowest BCUT2D eigenvalue weighted by Crippen LogP contribution is -2.39. The Labute approximate surface area is 124 Å². The van der Waals surface area contributed by atoms with E-state index >= 15 is 0 Å². The highest BCUT2D eigenvalue weighted by Crippen LogP contribution is 2.19. The SMILES string of the molecule is CCNCC(C)S(=O)(=O)NC(C)c1cccc(Br)c1. The summed E-state index contributed by atoms with van der Waals surface area (Å²) in [6.07, 6.45) is 0. The second-order valence-corrected chi connectivity index (χ2v) is 7.60. The quantitative estimate of drug-likeness (QED) is 0.795. The normalized spacial score (nSPS) is 15.2. The van der Waals surface area contributed by atoms with E-state index in [0.717, 1.165) is 16.6 Å². The van der Waals surface area contributed by atoms with E-state index in [2.05, 4.69) is 26.0 Å². The molecule has 0 aliphatic carbocycles. The molecule has 4 nitrogen and oxygen atoms in total. The van der Waals surface area contributed by atoms with Gasteiger partial charge in [-0.1, -0.05) is 35.0 Å². The first-order valence-corrected chi connectivity index (χ1v) is 8.68. The van der Waals surface area contributed by atoms with Gasteiger partial charge in [0.05, 0.1) is 5.25 Å². The van der Waals surface area contributed by atoms with Gasteiger partial charge in [0.2, 0.25) is 10.0 Å². The summed E-state index contributed by atoms with van der Waals surface area (Å²) >= 11 is 3.39. The lowest BCUT2D eigenvalue weighted by Gasteiger charge is -2.19. The molecule has 2 N–H and O–H groups in total. The van der Waals surface area contributed by atoms with Crippen LogP contribution in [0.5, 0.6) is 0 Å². The zero-order valence-corrected chi connectivity index (χ0v) is 13.9. The van der Waals surface area contributed by atoms with Crippen LogP contribution in [-0.2, 0) is 10.0 Å². The first-order valence-electron chi connectivity index (χ1n) is 6.34. The zero-order chi connectivity index (χ0) is 14.5. The van der Waals surface area contributed by atoms with Gasteiger partial charge in [0.1, 0.15) is 0 Å². The second kappa shape index (κ2) is 7.38. The first-order chi connectivity index (χ1) is 8.86. The van der Waals surface area contributed by atoms with Crippen molar-refractivity contribution in [2.24, 2.45) is 0 Å². The summed E-state index contributed by atoms with van der Waals surface area (Å²) in [4.78, 5) is 0. The van der Waals surface area contributed by atoms with E-state index in [0.29, 0.717) is 6.54 Å². The maximum absolute atomic E-state index is 12.1. The van der Waals surface area contributed by atoms with Gasteiger partial charge in [0, 0.05) is 17.1 Å². The molecule has 2 unspecified atom stereocenters. The monoisotopic (exact) mass is 348 g/mol. The smallest absolute Gasteiger partial charge is 0.216 e. The Hall–Kier alpha value is -0.430. The fraction of sp³-hybridized carbons (Fsp3) is 0.538. The van der Waals surface area contributed by atoms with Gasteiger partial charge in [0.15, 0.2) is 0 Å². The van der Waals surface area contributed by atoms with Gasteiger partial charge in [0.25, 0.3) is 0 Å². The van der Waals surface area contributed by atoms with Gasteiger partial charge in [-0.2, -0.15) is 0 Å². The van der Waals surface area contributed by atoms with E-state index < -0.39 is 15.3 Å². The molecule has 1 rings (SSSR count). The Morgan fingerprint density at radius 2 is 2.00 bits per heavy atom. The molecule has 0 heterocycles. The summed E-state index contributed by atoms with van der Waals surface area (Å²) in [7, 11) is -3.32. The van der Waals surface area contributed by atoms with Gasteiger partial charge in [-0.15, -0.1) is 0 Å². The van der Waals surface area contributed by atoms with Crippen LogP contribution in [0.25, 0.3) is 0 Å². The minimum atomic E-state index is -3.32. The van der Waals surface area contributed by atoms with Crippen molar-refractivity contribution >= 4 is 26.0 Å². The van der Waals surface area contributed by atoms with Crippen molar-refractivity contribution in [1.82, 2.24) is 10.0 Å². The van der Waals surface area contributed by atoms with Crippen LogP contribution in [0.2, 0.25) is 0 Å². The fourth-order valence-corrected chi connectivity index (χ4v) is 3.28. The molecule has 0 saturated carbocycles. The molecular formula is C13H21BrN2O2S. The van der Waals surface area contributed by atoms with Crippen LogP contribution in [0.3, 0.4) is 0 Å². The van der Waals surface area contributed by atoms with Crippen LogP contribution >= 0.6 is 15.9 Å². The van der Waals surface area contributed by atoms with Crippen LogP contribution in [0.1, 0.15) is 32.4 Å². The summed E-state index contributed by atoms with van der Waals surface area (Å²) in [5, 5.41) is 2.59. The van der Waals surface area contributed by atoms with Gasteiger partial charge >= 0.3 is 0 Å². The highest BCUT2D eigenvalue weighted by Gasteiger charge is 2.22. The highest BCUT2D eigenvalue weighted by atomic mass is 79.9. The predicted molar refractivity (Wildman–Crippen MR) is 82.6 cm³/mol. The van der Waals surface area contributed by atoms with Crippen molar-refractivity contribution in [3.05, 3.63) is 34.3 Å². The molecule has 0 saturated heterocycles. The Bertz CT molecular complexity index is 505. The molecule has 0 aromatic heterocycles. The van der Waals surface area contributed by atoms with Gasteiger partial charge in [-0.25, -0.2) is 13.1 Å². The Balaban J connectivity index is 2.72. The summed E-state index contributed by atoms with van der Waals surface area (Å²) in [5.41, 5.74) is 0.939. The number of nitrogens with one attached hydrogen (secondary N) is 2. The molecule has 0 amide bonds. The third kappa shape index (κ3) is 5.22. The minimum absolute atomic E-state index is 0.244. The topological polar surface area (TPSA) is 58.2 Å². The van der Waals surface area contributed by atoms with E-state index in [1.807, 2.05) is 38.1 Å². The van der Waals surface area contributed by atoms with E-state index in [9.17, 15) is 8.42 Å². The van der Waals surface area contributed by atoms with Crippen molar-refractivity contribution in [1.29, 1.82) is 0 Å². The van der Waals surface area contributed by atoms with Crippen LogP contribution < -0.4 is 10.0 Å². The molecule has 2 atom stereocenters. The molecule has 0 radical (unpaired) electrons. The average Bonchev–Trinajstić information content (AvgIpc) is 2.35. The number of hydrogen-bond donors (Lipinski definition) is 2. The van der Waals surface area contributed by atoms with Crippen molar-refractivity contribution < 1.29 is 8.42 Å². The molecule has 19 heavy (non-hydrogen) atoms. The number of benzene rings is 1. The summed E-state index contributed by atoms with van der Waals surface area (Å²) in [5.74, 6) is 0. The van der Waals surface area contributed by atoms with Crippen molar-refractivity contribution in [2.75, 3.05) is 13.1 Å². The number of rotatable bonds is 7. The van der Waals surface area contributed by atoms with Crippen LogP contribution in [-0.4, -0.2) is 26.8 Å². The van der Waals surface area contributed by atoms with Crippen LogP contribution in [0.4, 0.5) is 0 Å². The van der Waals surface area contributed by atoms with Crippen molar-refractivity contribution in [3.63, 3.8) is 0 Å². The van der Waals surface area contributed by atoms with Crippen molar-refractivity contribution in [3.8, 4) is 0 Å². The summed E-state index contributed by atoms with van der Waals surface area (Å²) in [6, 6.07) is 7.39. The molecule has 1 aromatic carbocycles. The van der Waals surface area contributed by atoms with Crippen LogP contribution in [0, 0.1) is 0 Å². The lowest BCUT2D eigenvalue weighted by molar-refractivity contribution is 0.547. The van der Waals surface area contributed by atoms with E-state index in [-0.39, 0.29) is 6.04 Å². The molecule has 1 aromatic rings. The maximum atomic E-state index is 12.1. The molecule has 0 spiro atoms. The molecule has 0 aliphatic heterocycles. The standard InChI is InChI=1S/C13H21BrN2O2S/c1-4-15-9-10(2)19(17,18)16-11(3)12-6-5-7-13(14)8-12/h5-8,10-11,15-16H,4,9H2,1-3H3. The van der Waals surface area contributed by atoms with Crippen molar-refractivity contribution in [2.45, 2.75) is 32.1 Å². The maximum Gasteiger partial charge on any atom is 0.216 e. The Morgan fingerprint density at radius 1 is 1.32 bits per heavy atom. The van der Waals surface area contributed by atoms with E-state index in [4.69, 9.17) is 0 Å². The zero-order valence-electron chi connectivity index (χ0n) is 11.5. The Morgan fingerprint density at radius 3 is 2.58 bits per heavy atom. The number of sulfonamides is 1. The largest absolute Gasteiger partial charge is 0.316 e. The number of hydrogen-bond acceptors (Lipinski definition) is 3. The molecule has 6 heteroatoms. The number of halogens is 1.